The Morgan fingerprint density at radius 3 is 2.62 bits per heavy atom. The fraction of sp³-hybridized carbons (Fsp3) is 0.889. The number of hydrogen-bond donors (Lipinski definition) is 2. The first-order valence-corrected chi connectivity index (χ1v) is 6.76. The van der Waals surface area contributed by atoms with E-state index in [1.807, 2.05) is 0 Å². The molecule has 0 spiro atoms. The van der Waals surface area contributed by atoms with Crippen LogP contribution in [0.1, 0.15) is 26.2 Å². The number of nitrogens with zero attached hydrogens (tertiary/aromatic N) is 1. The normalized spacial score (nSPS) is 25.2. The van der Waals surface area contributed by atoms with Crippen molar-refractivity contribution in [1.82, 2.24) is 4.31 Å². The molecule has 1 aliphatic heterocycles. The van der Waals surface area contributed by atoms with Gasteiger partial charge in [-0.1, -0.05) is 6.42 Å². The largest absolute Gasteiger partial charge is 0.480 e. The third kappa shape index (κ3) is 2.53. The smallest absolute Gasteiger partial charge is 0.323 e. The van der Waals surface area contributed by atoms with Crippen LogP contribution < -0.4 is 0 Å². The second-order valence-electron chi connectivity index (χ2n) is 3.97. The molecule has 0 aliphatic carbocycles. The number of piperidine rings is 1. The highest BCUT2D eigenvalue weighted by Gasteiger charge is 2.38. The topological polar surface area (TPSA) is 94.9 Å². The number of carbonyl (C=O) groups is 1. The Morgan fingerprint density at radius 1 is 1.50 bits per heavy atom. The molecule has 0 radical (unpaired) electrons. The van der Waals surface area contributed by atoms with Gasteiger partial charge in [-0.15, -0.1) is 0 Å². The molecule has 0 saturated carbocycles. The van der Waals surface area contributed by atoms with E-state index in [2.05, 4.69) is 0 Å². The standard InChI is InChI=1S/C9H17NO5S/c1-7(9(12)13)16(14,15)10-5-3-2-4-8(10)6-11/h7-8,11H,2-6H2,1H3,(H,12,13). The number of aliphatic hydroxyl groups excluding tert-OH is 1. The van der Waals surface area contributed by atoms with Crippen molar-refractivity contribution < 1.29 is 23.4 Å². The zero-order chi connectivity index (χ0) is 12.3. The lowest BCUT2D eigenvalue weighted by molar-refractivity contribution is -0.136. The first-order chi connectivity index (χ1) is 7.41. The van der Waals surface area contributed by atoms with Gasteiger partial charge in [0.05, 0.1) is 6.61 Å². The summed E-state index contributed by atoms with van der Waals surface area (Å²) in [5.41, 5.74) is 0. The minimum Gasteiger partial charge on any atom is -0.480 e. The van der Waals surface area contributed by atoms with Crippen LogP contribution in [0.3, 0.4) is 0 Å². The molecule has 7 heteroatoms. The van der Waals surface area contributed by atoms with Crippen LogP contribution in [-0.2, 0) is 14.8 Å². The van der Waals surface area contributed by atoms with Crippen LogP contribution in [-0.4, -0.2) is 53.3 Å². The van der Waals surface area contributed by atoms with Gasteiger partial charge in [-0.25, -0.2) is 8.42 Å². The Hall–Kier alpha value is -0.660. The summed E-state index contributed by atoms with van der Waals surface area (Å²) >= 11 is 0. The average Bonchev–Trinajstić information content (AvgIpc) is 2.27. The molecule has 0 aromatic rings. The summed E-state index contributed by atoms with van der Waals surface area (Å²) in [4.78, 5) is 10.7. The molecular weight excluding hydrogens is 234 g/mol. The molecule has 16 heavy (non-hydrogen) atoms. The highest BCUT2D eigenvalue weighted by molar-refractivity contribution is 7.90. The van der Waals surface area contributed by atoms with Crippen LogP contribution in [0.25, 0.3) is 0 Å². The van der Waals surface area contributed by atoms with Gasteiger partial charge in [-0.2, -0.15) is 4.31 Å². The van der Waals surface area contributed by atoms with Crippen LogP contribution in [0.2, 0.25) is 0 Å². The van der Waals surface area contributed by atoms with Gasteiger partial charge in [0.1, 0.15) is 0 Å². The molecule has 94 valence electrons. The van der Waals surface area contributed by atoms with Gasteiger partial charge in [0.15, 0.2) is 5.25 Å². The fourth-order valence-corrected chi connectivity index (χ4v) is 3.45. The fourth-order valence-electron chi connectivity index (χ4n) is 1.82. The molecule has 1 rings (SSSR count). The van der Waals surface area contributed by atoms with Gasteiger partial charge >= 0.3 is 5.97 Å². The molecule has 1 saturated heterocycles. The van der Waals surface area contributed by atoms with E-state index in [0.717, 1.165) is 17.6 Å². The zero-order valence-corrected chi connectivity index (χ0v) is 9.98. The molecule has 1 fully saturated rings. The van der Waals surface area contributed by atoms with Crippen molar-refractivity contribution in [2.24, 2.45) is 0 Å². The van der Waals surface area contributed by atoms with Gasteiger partial charge in [0, 0.05) is 12.6 Å². The summed E-state index contributed by atoms with van der Waals surface area (Å²) < 4.78 is 25.0. The van der Waals surface area contributed by atoms with E-state index in [4.69, 9.17) is 10.2 Å². The Balaban J connectivity index is 2.92. The number of carboxylic acids is 1. The summed E-state index contributed by atoms with van der Waals surface area (Å²) in [5.74, 6) is -1.36. The lowest BCUT2D eigenvalue weighted by Crippen LogP contribution is -2.50. The van der Waals surface area contributed by atoms with Crippen molar-refractivity contribution in [3.63, 3.8) is 0 Å². The van der Waals surface area contributed by atoms with Gasteiger partial charge in [0.25, 0.3) is 0 Å². The lowest BCUT2D eigenvalue weighted by Gasteiger charge is -2.34. The van der Waals surface area contributed by atoms with Crippen LogP contribution in [0.15, 0.2) is 0 Å². The number of rotatable bonds is 4. The molecule has 1 heterocycles. The van der Waals surface area contributed by atoms with Crippen molar-refractivity contribution >= 4 is 16.0 Å². The highest BCUT2D eigenvalue weighted by Crippen LogP contribution is 2.22. The monoisotopic (exact) mass is 251 g/mol. The van der Waals surface area contributed by atoms with Gasteiger partial charge in [-0.3, -0.25) is 4.79 Å². The SMILES string of the molecule is CC(C(=O)O)S(=O)(=O)N1CCCCC1CO. The van der Waals surface area contributed by atoms with Crippen molar-refractivity contribution in [2.75, 3.05) is 13.2 Å². The minimum absolute atomic E-state index is 0.258. The molecular formula is C9H17NO5S. The Labute approximate surface area is 94.9 Å². The molecule has 0 amide bonds. The quantitative estimate of drug-likeness (QED) is 0.711. The second kappa shape index (κ2) is 5.11. The van der Waals surface area contributed by atoms with E-state index in [0.29, 0.717) is 19.4 Å². The number of sulfonamides is 1. The van der Waals surface area contributed by atoms with Crippen molar-refractivity contribution in [1.29, 1.82) is 0 Å². The maximum atomic E-state index is 11.9. The molecule has 2 unspecified atom stereocenters. The summed E-state index contributed by atoms with van der Waals surface area (Å²) in [6.45, 7) is 1.19. The first kappa shape index (κ1) is 13.4. The van der Waals surface area contributed by atoms with Crippen molar-refractivity contribution in [3.05, 3.63) is 0 Å². The second-order valence-corrected chi connectivity index (χ2v) is 6.17. The Bertz CT molecular complexity index is 353. The molecule has 1 aliphatic rings. The maximum absolute atomic E-state index is 11.9. The summed E-state index contributed by atoms with van der Waals surface area (Å²) in [5, 5.41) is 16.4. The first-order valence-electron chi connectivity index (χ1n) is 5.25. The molecule has 0 bridgehead atoms. The van der Waals surface area contributed by atoms with Crippen molar-refractivity contribution in [3.8, 4) is 0 Å². The van der Waals surface area contributed by atoms with E-state index in [9.17, 15) is 13.2 Å². The summed E-state index contributed by atoms with van der Waals surface area (Å²) in [6, 6.07) is -0.472. The summed E-state index contributed by atoms with van der Waals surface area (Å²) in [6.07, 6.45) is 2.16. The third-order valence-corrected chi connectivity index (χ3v) is 5.13. The van der Waals surface area contributed by atoms with Gasteiger partial charge in [0.2, 0.25) is 10.0 Å². The number of hydrogen-bond acceptors (Lipinski definition) is 4. The van der Waals surface area contributed by atoms with Gasteiger partial charge in [-0.05, 0) is 19.8 Å². The third-order valence-electron chi connectivity index (χ3n) is 2.91. The van der Waals surface area contributed by atoms with E-state index in [1.54, 1.807) is 0 Å². The number of aliphatic hydroxyl groups is 1. The molecule has 0 aromatic carbocycles. The zero-order valence-electron chi connectivity index (χ0n) is 9.16. The maximum Gasteiger partial charge on any atom is 0.323 e. The minimum atomic E-state index is -3.85. The molecule has 2 atom stereocenters. The number of carboxylic acid groups (broad SMARTS) is 1. The van der Waals surface area contributed by atoms with Crippen LogP contribution in [0, 0.1) is 0 Å². The van der Waals surface area contributed by atoms with E-state index >= 15 is 0 Å². The van der Waals surface area contributed by atoms with Crippen LogP contribution in [0.5, 0.6) is 0 Å². The Kier molecular flexibility index (Phi) is 4.28. The highest BCUT2D eigenvalue weighted by atomic mass is 32.2. The lowest BCUT2D eigenvalue weighted by atomic mass is 10.1. The molecule has 0 aromatic heterocycles. The van der Waals surface area contributed by atoms with E-state index < -0.39 is 27.3 Å². The summed E-state index contributed by atoms with van der Waals surface area (Å²) in [7, 11) is -3.85. The predicted octanol–water partition coefficient (Wildman–Crippen LogP) is -0.364. The van der Waals surface area contributed by atoms with E-state index in [-0.39, 0.29) is 6.61 Å². The Morgan fingerprint density at radius 2 is 2.12 bits per heavy atom. The molecule has 2 N–H and O–H groups in total. The predicted molar refractivity (Wildman–Crippen MR) is 57.4 cm³/mol. The van der Waals surface area contributed by atoms with Crippen molar-refractivity contribution in [2.45, 2.75) is 37.5 Å². The average molecular weight is 251 g/mol. The van der Waals surface area contributed by atoms with Crippen LogP contribution in [0.4, 0.5) is 0 Å². The van der Waals surface area contributed by atoms with Crippen LogP contribution >= 0.6 is 0 Å². The van der Waals surface area contributed by atoms with E-state index in [1.165, 1.54) is 0 Å². The number of aliphatic carboxylic acids is 1. The molecule has 6 nitrogen and oxygen atoms in total. The van der Waals surface area contributed by atoms with Gasteiger partial charge < -0.3 is 10.2 Å².